The van der Waals surface area contributed by atoms with E-state index in [0.29, 0.717) is 36.3 Å². The van der Waals surface area contributed by atoms with Gasteiger partial charge >= 0.3 is 0 Å². The largest absolute Gasteiger partial charge is 0.328 e. The Morgan fingerprint density at radius 2 is 1.94 bits per heavy atom. The molecule has 6 nitrogen and oxygen atoms in total. The Balaban J connectivity index is 1.59. The maximum atomic E-state index is 13.7. The molecule has 168 valence electrons. The molecule has 1 amide bonds. The van der Waals surface area contributed by atoms with E-state index in [1.54, 1.807) is 22.7 Å². The summed E-state index contributed by atoms with van der Waals surface area (Å²) in [6, 6.07) is 10.9. The lowest BCUT2D eigenvalue weighted by molar-refractivity contribution is 0.0986. The number of hydrogen-bond acceptors (Lipinski definition) is 5. The second-order valence-electron chi connectivity index (χ2n) is 8.39. The fraction of sp³-hybridized carbons (Fsp3) is 0.391. The first-order chi connectivity index (χ1) is 15.3. The van der Waals surface area contributed by atoms with E-state index in [0.717, 1.165) is 36.3 Å². The highest BCUT2D eigenvalue weighted by Gasteiger charge is 2.34. The van der Waals surface area contributed by atoms with Crippen LogP contribution in [0.5, 0.6) is 0 Å². The van der Waals surface area contributed by atoms with Crippen LogP contribution in [-0.4, -0.2) is 38.5 Å². The van der Waals surface area contributed by atoms with Crippen molar-refractivity contribution in [1.29, 1.82) is 0 Å². The Morgan fingerprint density at radius 1 is 1.12 bits per heavy atom. The molecule has 1 saturated heterocycles. The number of rotatable bonds is 1. The van der Waals surface area contributed by atoms with E-state index < -0.39 is 10.0 Å². The van der Waals surface area contributed by atoms with Crippen LogP contribution in [0.15, 0.2) is 50.6 Å². The van der Waals surface area contributed by atoms with Crippen LogP contribution in [0.25, 0.3) is 0 Å². The van der Waals surface area contributed by atoms with Gasteiger partial charge < -0.3 is 9.80 Å². The molecule has 0 bridgehead atoms. The number of amidine groups is 1. The molecule has 0 aromatic heterocycles. The highest BCUT2D eigenvalue weighted by molar-refractivity contribution is 8.00. The van der Waals surface area contributed by atoms with Crippen LogP contribution in [0.3, 0.4) is 0 Å². The maximum Gasteiger partial charge on any atom is 0.286 e. The van der Waals surface area contributed by atoms with Crippen LogP contribution in [0.4, 0.5) is 11.4 Å². The van der Waals surface area contributed by atoms with Crippen LogP contribution < -0.4 is 9.80 Å². The zero-order chi connectivity index (χ0) is 22.5. The van der Waals surface area contributed by atoms with E-state index in [1.165, 1.54) is 6.07 Å². The summed E-state index contributed by atoms with van der Waals surface area (Å²) in [6.45, 7) is 3.38. The number of sulfonamides is 1. The van der Waals surface area contributed by atoms with Gasteiger partial charge in [-0.05, 0) is 43.5 Å². The average Bonchev–Trinajstić information content (AvgIpc) is 3.08. The average molecular weight is 490 g/mol. The SMILES string of the molecule is CC1CCN(C(=O)c2cc3c(cc2Cl)N2CCCCCC2=NS3(=O)=O)c2ccccc2S1. The second-order valence-corrected chi connectivity index (χ2v) is 11.8. The standard InChI is InChI=1S/C23H24ClN3O3S2/c1-15-10-12-27(18-7-4-5-8-20(18)31-15)23(28)16-13-21-19(14-17(16)24)26-11-6-2-3-9-22(26)25-32(21,29)30/h4-5,7-8,13-15H,2-3,6,9-12H2,1H3. The monoisotopic (exact) mass is 489 g/mol. The van der Waals surface area contributed by atoms with Gasteiger partial charge in [-0.1, -0.05) is 37.1 Å². The number of fused-ring (bicyclic) bond motifs is 4. The van der Waals surface area contributed by atoms with Gasteiger partial charge in [0.15, 0.2) is 0 Å². The van der Waals surface area contributed by atoms with Crippen molar-refractivity contribution in [3.05, 3.63) is 47.0 Å². The summed E-state index contributed by atoms with van der Waals surface area (Å²) >= 11 is 8.37. The minimum Gasteiger partial charge on any atom is -0.328 e. The van der Waals surface area contributed by atoms with Crippen LogP contribution in [0.1, 0.15) is 49.4 Å². The van der Waals surface area contributed by atoms with Crippen molar-refractivity contribution in [2.24, 2.45) is 4.40 Å². The van der Waals surface area contributed by atoms with Gasteiger partial charge in [0, 0.05) is 29.7 Å². The summed E-state index contributed by atoms with van der Waals surface area (Å²) in [5.74, 6) is 0.276. The third-order valence-electron chi connectivity index (χ3n) is 6.16. The Morgan fingerprint density at radius 3 is 2.78 bits per heavy atom. The number of thioether (sulfide) groups is 1. The summed E-state index contributed by atoms with van der Waals surface area (Å²) < 4.78 is 30.1. The zero-order valence-corrected chi connectivity index (χ0v) is 20.1. The Bertz CT molecular complexity index is 1230. The van der Waals surface area contributed by atoms with Gasteiger partial charge in [-0.3, -0.25) is 4.79 Å². The topological polar surface area (TPSA) is 70.1 Å². The predicted molar refractivity (Wildman–Crippen MR) is 130 cm³/mol. The van der Waals surface area contributed by atoms with Crippen molar-refractivity contribution in [2.75, 3.05) is 22.9 Å². The smallest absolute Gasteiger partial charge is 0.286 e. The summed E-state index contributed by atoms with van der Waals surface area (Å²) in [5, 5.41) is 0.626. The van der Waals surface area contributed by atoms with Gasteiger partial charge in [0.05, 0.1) is 22.0 Å². The number of anilines is 2. The summed E-state index contributed by atoms with van der Waals surface area (Å²) in [7, 11) is -3.90. The predicted octanol–water partition coefficient (Wildman–Crippen LogP) is 5.35. The van der Waals surface area contributed by atoms with Crippen LogP contribution >= 0.6 is 23.4 Å². The molecule has 2 aromatic carbocycles. The Kier molecular flexibility index (Phi) is 5.72. The third-order valence-corrected chi connectivity index (χ3v) is 9.04. The number of carbonyl (C=O) groups is 1. The summed E-state index contributed by atoms with van der Waals surface area (Å²) in [6.07, 6.45) is 4.34. The number of para-hydroxylation sites is 1. The number of halogens is 1. The molecule has 32 heavy (non-hydrogen) atoms. The van der Waals surface area contributed by atoms with Gasteiger partial charge in [0.1, 0.15) is 10.7 Å². The molecule has 0 spiro atoms. The van der Waals surface area contributed by atoms with Crippen LogP contribution in [0.2, 0.25) is 5.02 Å². The van der Waals surface area contributed by atoms with Crippen molar-refractivity contribution in [1.82, 2.24) is 0 Å². The molecule has 0 N–H and O–H groups in total. The molecule has 2 aromatic rings. The first kappa shape index (κ1) is 21.8. The molecule has 1 unspecified atom stereocenters. The molecular weight excluding hydrogens is 466 g/mol. The lowest BCUT2D eigenvalue weighted by Crippen LogP contribution is -2.36. The quantitative estimate of drug-likeness (QED) is 0.539. The molecule has 9 heteroatoms. The fourth-order valence-electron chi connectivity index (χ4n) is 4.50. The van der Waals surface area contributed by atoms with Gasteiger partial charge in [-0.15, -0.1) is 16.2 Å². The molecule has 3 heterocycles. The fourth-order valence-corrected chi connectivity index (χ4v) is 7.12. The van der Waals surface area contributed by atoms with E-state index in [2.05, 4.69) is 11.3 Å². The molecule has 0 radical (unpaired) electrons. The van der Waals surface area contributed by atoms with Crippen molar-refractivity contribution < 1.29 is 13.2 Å². The number of amides is 1. The highest BCUT2D eigenvalue weighted by Crippen LogP contribution is 2.41. The Hall–Kier alpha value is -2.03. The third kappa shape index (κ3) is 3.82. The van der Waals surface area contributed by atoms with Crippen LogP contribution in [0, 0.1) is 0 Å². The van der Waals surface area contributed by atoms with Crippen molar-refractivity contribution in [3.8, 4) is 0 Å². The number of nitrogens with zero attached hydrogens (tertiary/aromatic N) is 3. The van der Waals surface area contributed by atoms with Crippen molar-refractivity contribution in [2.45, 2.75) is 54.1 Å². The molecule has 0 saturated carbocycles. The summed E-state index contributed by atoms with van der Waals surface area (Å²) in [4.78, 5) is 18.4. The van der Waals surface area contributed by atoms with Crippen molar-refractivity contribution >= 4 is 56.5 Å². The maximum absolute atomic E-state index is 13.7. The van der Waals surface area contributed by atoms with Crippen molar-refractivity contribution in [3.63, 3.8) is 0 Å². The molecule has 3 aliphatic rings. The lowest BCUT2D eigenvalue weighted by atomic mass is 10.1. The van der Waals surface area contributed by atoms with Crippen LogP contribution in [-0.2, 0) is 10.0 Å². The van der Waals surface area contributed by atoms with E-state index >= 15 is 0 Å². The molecular formula is C23H24ClN3O3S2. The number of carbonyl (C=O) groups excluding carboxylic acids is 1. The molecule has 5 rings (SSSR count). The number of benzene rings is 2. The Labute approximate surface area is 197 Å². The van der Waals surface area contributed by atoms with Gasteiger partial charge in [0.25, 0.3) is 15.9 Å². The highest BCUT2D eigenvalue weighted by atomic mass is 35.5. The van der Waals surface area contributed by atoms with Gasteiger partial charge in [-0.2, -0.15) is 8.42 Å². The zero-order valence-electron chi connectivity index (χ0n) is 17.8. The first-order valence-electron chi connectivity index (χ1n) is 10.9. The van der Waals surface area contributed by atoms with Gasteiger partial charge in [0.2, 0.25) is 0 Å². The number of hydrogen-bond donors (Lipinski definition) is 0. The van der Waals surface area contributed by atoms with E-state index in [-0.39, 0.29) is 21.4 Å². The molecule has 1 fully saturated rings. The first-order valence-corrected chi connectivity index (χ1v) is 13.6. The molecule has 0 aliphatic carbocycles. The van der Waals surface area contributed by atoms with Gasteiger partial charge in [-0.25, -0.2) is 0 Å². The van der Waals surface area contributed by atoms with E-state index in [1.807, 2.05) is 29.2 Å². The second kappa shape index (κ2) is 8.39. The van der Waals surface area contributed by atoms with E-state index in [4.69, 9.17) is 11.6 Å². The molecule has 1 atom stereocenters. The minimum absolute atomic E-state index is 0.0572. The molecule has 3 aliphatic heterocycles. The normalized spacial score (nSPS) is 22.1. The lowest BCUT2D eigenvalue weighted by Gasteiger charge is -2.30. The minimum atomic E-state index is -3.90. The van der Waals surface area contributed by atoms with E-state index in [9.17, 15) is 13.2 Å². The summed E-state index contributed by atoms with van der Waals surface area (Å²) in [5.41, 5.74) is 1.55.